The number of nitrogens with one attached hydrogen (secondary N) is 2. The molecule has 0 bridgehead atoms. The zero-order chi connectivity index (χ0) is 24.5. The largest absolute Gasteiger partial charge is 0.472 e. The number of para-hydroxylation sites is 1. The molecule has 0 aliphatic heterocycles. The number of alkyl halides is 3. The molecule has 8 nitrogen and oxygen atoms in total. The minimum absolute atomic E-state index is 0.123. The highest BCUT2D eigenvalue weighted by atomic mass is 19.4. The molecule has 0 spiro atoms. The van der Waals surface area contributed by atoms with Crippen molar-refractivity contribution in [2.45, 2.75) is 19.6 Å². The maximum atomic E-state index is 13.6. The molecule has 2 aromatic carbocycles. The molecule has 0 unspecified atom stereocenters. The molecule has 4 rings (SSSR count). The van der Waals surface area contributed by atoms with E-state index < -0.39 is 41.3 Å². The van der Waals surface area contributed by atoms with Gasteiger partial charge >= 0.3 is 6.18 Å². The van der Waals surface area contributed by atoms with Crippen LogP contribution < -0.4 is 16.2 Å². The molecule has 2 aromatic heterocycles. The Kier molecular flexibility index (Phi) is 5.93. The van der Waals surface area contributed by atoms with Crippen molar-refractivity contribution in [1.29, 1.82) is 0 Å². The smallest absolute Gasteiger partial charge is 0.418 e. The second-order valence-corrected chi connectivity index (χ2v) is 7.42. The molecule has 0 atom stereocenters. The molecule has 4 aromatic rings. The molecular formula is C23H17F3N4O4. The monoisotopic (exact) mass is 470 g/mol. The number of benzene rings is 2. The highest BCUT2D eigenvalue weighted by Gasteiger charge is 2.34. The van der Waals surface area contributed by atoms with Crippen molar-refractivity contribution in [1.82, 2.24) is 9.55 Å². The van der Waals surface area contributed by atoms with Crippen LogP contribution in [0.15, 0.2) is 70.5 Å². The summed E-state index contributed by atoms with van der Waals surface area (Å²) in [6.45, 7) is 1.25. The Morgan fingerprint density at radius 1 is 1.12 bits per heavy atom. The molecule has 2 heterocycles. The molecule has 0 radical (unpaired) electrons. The minimum Gasteiger partial charge on any atom is -0.472 e. The van der Waals surface area contributed by atoms with Crippen LogP contribution in [0.3, 0.4) is 0 Å². The number of halogens is 3. The first-order valence-corrected chi connectivity index (χ1v) is 9.93. The summed E-state index contributed by atoms with van der Waals surface area (Å²) in [7, 11) is 0. The van der Waals surface area contributed by atoms with Crippen molar-refractivity contribution in [3.63, 3.8) is 0 Å². The van der Waals surface area contributed by atoms with Crippen molar-refractivity contribution in [3.05, 3.63) is 88.4 Å². The molecule has 0 aliphatic carbocycles. The third kappa shape index (κ3) is 4.68. The number of furan rings is 1. The second kappa shape index (κ2) is 8.85. The summed E-state index contributed by atoms with van der Waals surface area (Å²) in [5.41, 5.74) is -0.894. The van der Waals surface area contributed by atoms with Crippen LogP contribution in [0.5, 0.6) is 0 Å². The first kappa shape index (κ1) is 22.8. The topological polar surface area (TPSA) is 106 Å². The first-order valence-electron chi connectivity index (χ1n) is 9.93. The van der Waals surface area contributed by atoms with Crippen LogP contribution in [-0.2, 0) is 17.5 Å². The van der Waals surface area contributed by atoms with Gasteiger partial charge in [0.15, 0.2) is 0 Å². The maximum Gasteiger partial charge on any atom is 0.418 e. The summed E-state index contributed by atoms with van der Waals surface area (Å²) in [6, 6.07) is 9.33. The van der Waals surface area contributed by atoms with E-state index in [0.29, 0.717) is 17.0 Å². The van der Waals surface area contributed by atoms with Crippen molar-refractivity contribution in [2.24, 2.45) is 0 Å². The van der Waals surface area contributed by atoms with E-state index in [-0.39, 0.29) is 11.3 Å². The Labute approximate surface area is 190 Å². The minimum atomic E-state index is -4.82. The Hall–Kier alpha value is -4.41. The van der Waals surface area contributed by atoms with Gasteiger partial charge in [-0.15, -0.1) is 0 Å². The van der Waals surface area contributed by atoms with Gasteiger partial charge in [-0.25, -0.2) is 4.98 Å². The van der Waals surface area contributed by atoms with Gasteiger partial charge in [-0.1, -0.05) is 12.1 Å². The van der Waals surface area contributed by atoms with Gasteiger partial charge in [-0.05, 0) is 42.8 Å². The highest BCUT2D eigenvalue weighted by Crippen LogP contribution is 2.36. The van der Waals surface area contributed by atoms with E-state index in [1.54, 1.807) is 25.1 Å². The van der Waals surface area contributed by atoms with Crippen LogP contribution in [0.25, 0.3) is 10.9 Å². The number of anilines is 2. The maximum absolute atomic E-state index is 13.6. The molecule has 0 saturated heterocycles. The molecule has 2 N–H and O–H groups in total. The molecular weight excluding hydrogens is 453 g/mol. The van der Waals surface area contributed by atoms with E-state index in [9.17, 15) is 27.6 Å². The fourth-order valence-corrected chi connectivity index (χ4v) is 3.36. The van der Waals surface area contributed by atoms with E-state index in [0.717, 1.165) is 22.5 Å². The Balaban J connectivity index is 1.56. The number of nitrogens with zero attached hydrogens (tertiary/aromatic N) is 2. The van der Waals surface area contributed by atoms with Gasteiger partial charge in [-0.2, -0.15) is 13.2 Å². The lowest BCUT2D eigenvalue weighted by Gasteiger charge is -2.16. The van der Waals surface area contributed by atoms with Gasteiger partial charge in [0.1, 0.15) is 12.8 Å². The number of rotatable bonds is 5. The highest BCUT2D eigenvalue weighted by molar-refractivity contribution is 6.04. The van der Waals surface area contributed by atoms with E-state index in [4.69, 9.17) is 4.42 Å². The van der Waals surface area contributed by atoms with Gasteiger partial charge in [0.2, 0.25) is 5.91 Å². The summed E-state index contributed by atoms with van der Waals surface area (Å²) < 4.78 is 46.7. The number of carbonyl (C=O) groups excluding carboxylic acids is 2. The van der Waals surface area contributed by atoms with Crippen molar-refractivity contribution >= 4 is 34.1 Å². The number of hydrogen-bond acceptors (Lipinski definition) is 5. The van der Waals surface area contributed by atoms with E-state index >= 15 is 0 Å². The van der Waals surface area contributed by atoms with Crippen LogP contribution in [0.1, 0.15) is 21.5 Å². The Morgan fingerprint density at radius 3 is 2.62 bits per heavy atom. The third-order valence-corrected chi connectivity index (χ3v) is 5.01. The lowest BCUT2D eigenvalue weighted by Crippen LogP contribution is -2.28. The fraction of sp³-hybridized carbons (Fsp3) is 0.130. The molecule has 11 heteroatoms. The average Bonchev–Trinajstić information content (AvgIpc) is 3.32. The lowest BCUT2D eigenvalue weighted by atomic mass is 10.1. The van der Waals surface area contributed by atoms with Crippen LogP contribution in [0.2, 0.25) is 0 Å². The van der Waals surface area contributed by atoms with Gasteiger partial charge in [0.25, 0.3) is 11.5 Å². The van der Waals surface area contributed by atoms with E-state index in [2.05, 4.69) is 15.6 Å². The number of aromatic nitrogens is 2. The number of hydrogen-bond donors (Lipinski definition) is 2. The molecule has 34 heavy (non-hydrogen) atoms. The third-order valence-electron chi connectivity index (χ3n) is 5.01. The van der Waals surface area contributed by atoms with Gasteiger partial charge in [0, 0.05) is 5.69 Å². The number of aryl methyl sites for hydroxylation is 1. The number of carbonyl (C=O) groups is 2. The van der Waals surface area contributed by atoms with Gasteiger partial charge < -0.3 is 15.1 Å². The quantitative estimate of drug-likeness (QED) is 0.455. The molecule has 0 aliphatic rings. The zero-order valence-corrected chi connectivity index (χ0v) is 17.6. The van der Waals surface area contributed by atoms with Crippen LogP contribution in [0.4, 0.5) is 24.5 Å². The molecule has 0 fully saturated rings. The second-order valence-electron chi connectivity index (χ2n) is 7.42. The van der Waals surface area contributed by atoms with Crippen LogP contribution in [-0.4, -0.2) is 21.4 Å². The SMILES string of the molecule is Cc1cccc2c(=O)n(CC(=O)Nc3ccc(NC(=O)c4ccoc4)cc3C(F)(F)F)cnc12. The summed E-state index contributed by atoms with van der Waals surface area (Å²) in [4.78, 5) is 41.4. The van der Waals surface area contributed by atoms with Crippen molar-refractivity contribution in [2.75, 3.05) is 10.6 Å². The number of fused-ring (bicyclic) bond motifs is 1. The fourth-order valence-electron chi connectivity index (χ4n) is 3.36. The first-order chi connectivity index (χ1) is 16.1. The Morgan fingerprint density at radius 2 is 1.91 bits per heavy atom. The predicted molar refractivity (Wildman–Crippen MR) is 117 cm³/mol. The standard InChI is InChI=1S/C23H17F3N4O4/c1-13-3-2-4-16-20(13)27-12-30(22(16)33)10-19(31)29-18-6-5-15(9-17(18)23(24,25)26)28-21(32)14-7-8-34-11-14/h2-9,11-12H,10H2,1H3,(H,28,32)(H,29,31). The normalized spacial score (nSPS) is 11.4. The molecule has 0 saturated carbocycles. The van der Waals surface area contributed by atoms with Crippen LogP contribution >= 0.6 is 0 Å². The summed E-state index contributed by atoms with van der Waals surface area (Å²) in [6.07, 6.45) is -1.24. The van der Waals surface area contributed by atoms with Crippen LogP contribution in [0, 0.1) is 6.92 Å². The van der Waals surface area contributed by atoms with Crippen molar-refractivity contribution < 1.29 is 27.2 Å². The Bertz CT molecular complexity index is 1440. The predicted octanol–water partition coefficient (Wildman–Crippen LogP) is 4.21. The molecule has 174 valence electrons. The summed E-state index contributed by atoms with van der Waals surface area (Å²) in [5.74, 6) is -1.51. The van der Waals surface area contributed by atoms with E-state index in [1.165, 1.54) is 24.7 Å². The average molecular weight is 470 g/mol. The summed E-state index contributed by atoms with van der Waals surface area (Å²) in [5, 5.41) is 4.82. The summed E-state index contributed by atoms with van der Waals surface area (Å²) >= 11 is 0. The molecule has 2 amide bonds. The van der Waals surface area contributed by atoms with Gasteiger partial charge in [-0.3, -0.25) is 19.0 Å². The zero-order valence-electron chi connectivity index (χ0n) is 17.6. The lowest BCUT2D eigenvalue weighted by molar-refractivity contribution is -0.136. The van der Waals surface area contributed by atoms with Gasteiger partial charge in [0.05, 0.1) is 40.3 Å². The van der Waals surface area contributed by atoms with Crippen molar-refractivity contribution in [3.8, 4) is 0 Å². The number of amides is 2. The van der Waals surface area contributed by atoms with E-state index in [1.807, 2.05) is 0 Å².